The molecule has 0 aromatic rings. The van der Waals surface area contributed by atoms with Crippen LogP contribution in [0.1, 0.15) is 194 Å². The van der Waals surface area contributed by atoms with Gasteiger partial charge in [-0.25, -0.2) is 16.8 Å². The summed E-state index contributed by atoms with van der Waals surface area (Å²) in [6.07, 6.45) is 45.5. The number of rotatable bonds is 38. The molecule has 0 aliphatic rings. The molecule has 0 unspecified atom stereocenters. The largest absolute Gasteiger partial charge is 1.00 e. The van der Waals surface area contributed by atoms with E-state index < -0.39 is 20.2 Å². The van der Waals surface area contributed by atoms with Gasteiger partial charge in [-0.15, -0.1) is 0 Å². The molecule has 322 valence electrons. The zero-order valence-corrected chi connectivity index (χ0v) is 40.9. The van der Waals surface area contributed by atoms with Gasteiger partial charge in [-0.05, 0) is 91.4 Å². The van der Waals surface area contributed by atoms with Crippen molar-refractivity contribution in [2.24, 2.45) is 0 Å². The second-order valence-electron chi connectivity index (χ2n) is 15.0. The van der Waals surface area contributed by atoms with Gasteiger partial charge in [0.25, 0.3) is 0 Å². The molecule has 0 fully saturated rings. The summed E-state index contributed by atoms with van der Waals surface area (Å²) < 4.78 is 63.4. The van der Waals surface area contributed by atoms with Crippen molar-refractivity contribution >= 4 is 20.2 Å². The van der Waals surface area contributed by atoms with E-state index >= 15 is 0 Å². The van der Waals surface area contributed by atoms with Gasteiger partial charge < -0.3 is 18.9 Å². The van der Waals surface area contributed by atoms with Crippen LogP contribution in [0.25, 0.3) is 0 Å². The van der Waals surface area contributed by atoms with Crippen molar-refractivity contribution in [1.82, 2.24) is 9.80 Å². The van der Waals surface area contributed by atoms with E-state index in [0.29, 0.717) is 13.1 Å². The van der Waals surface area contributed by atoms with Crippen LogP contribution in [-0.4, -0.2) is 87.5 Å². The minimum absolute atomic E-state index is 0. The second-order valence-corrected chi connectivity index (χ2v) is 18.1. The molecule has 0 bridgehead atoms. The van der Waals surface area contributed by atoms with Crippen molar-refractivity contribution in [3.8, 4) is 0 Å². The molecule has 0 saturated carbocycles. The monoisotopic (exact) mass is 906 g/mol. The molecule has 0 aromatic carbocycles. The Hall–Kier alpha value is 0.960. The first-order valence-corrected chi connectivity index (χ1v) is 24.6. The van der Waals surface area contributed by atoms with E-state index in [1.54, 1.807) is 0 Å². The number of hydrogen-bond donors (Lipinski definition) is 0. The summed E-state index contributed by atoms with van der Waals surface area (Å²) in [5.41, 5.74) is 0. The van der Waals surface area contributed by atoms with Crippen molar-refractivity contribution < 1.29 is 77.9 Å². The smallest absolute Gasteiger partial charge is 0.748 e. The summed E-state index contributed by atoms with van der Waals surface area (Å²) in [6.45, 7) is 6.95. The van der Waals surface area contributed by atoms with Crippen LogP contribution in [0.15, 0.2) is 24.3 Å². The van der Waals surface area contributed by atoms with Crippen LogP contribution in [0, 0.1) is 0 Å². The summed E-state index contributed by atoms with van der Waals surface area (Å²) in [5, 5.41) is 0. The summed E-state index contributed by atoms with van der Waals surface area (Å²) in [7, 11) is -4.40. The first-order valence-electron chi connectivity index (χ1n) is 21.5. The van der Waals surface area contributed by atoms with Gasteiger partial charge in [-0.2, -0.15) is 0 Å². The van der Waals surface area contributed by atoms with Crippen LogP contribution < -0.4 is 29.6 Å². The van der Waals surface area contributed by atoms with E-state index in [2.05, 4.69) is 38.2 Å². The molecule has 0 saturated heterocycles. The summed E-state index contributed by atoms with van der Waals surface area (Å²) in [5.74, 6) is -0.564. The minimum Gasteiger partial charge on any atom is -0.748 e. The molecular formula is C42H84AgN2NaO6S2. The fraction of sp³-hybridized carbons (Fsp3) is 0.905. The first kappa shape index (κ1) is 61.6. The van der Waals surface area contributed by atoms with E-state index in [9.17, 15) is 25.9 Å². The van der Waals surface area contributed by atoms with Crippen molar-refractivity contribution in [2.75, 3.05) is 51.8 Å². The molecule has 0 radical (unpaired) electrons. The fourth-order valence-corrected chi connectivity index (χ4v) is 7.09. The first-order chi connectivity index (χ1) is 24.9. The SMILES string of the molecule is CCCCCCCC/C=C\CCCCCCCCN(C)CCS(=O)(=O)[O-].CCCCCCCC/C=C\CCCCCCCCN(C)CCS(=O)(=O)[O-].[Ag+].[Na+]. The molecule has 12 heteroatoms. The summed E-state index contributed by atoms with van der Waals surface area (Å²) >= 11 is 0. The molecule has 54 heavy (non-hydrogen) atoms. The Labute approximate surface area is 374 Å². The van der Waals surface area contributed by atoms with E-state index in [4.69, 9.17) is 0 Å². The Kier molecular flexibility index (Phi) is 53.2. The van der Waals surface area contributed by atoms with Crippen LogP contribution in [-0.2, 0) is 42.6 Å². The van der Waals surface area contributed by atoms with E-state index in [1.165, 1.54) is 167 Å². The predicted molar refractivity (Wildman–Crippen MR) is 223 cm³/mol. The third-order valence-electron chi connectivity index (χ3n) is 9.55. The zero-order chi connectivity index (χ0) is 39.0. The molecule has 0 aromatic heterocycles. The summed E-state index contributed by atoms with van der Waals surface area (Å²) in [4.78, 5) is 3.87. The minimum atomic E-state index is -4.08. The Bertz CT molecular complexity index is 936. The molecule has 0 aliphatic carbocycles. The standard InChI is InChI=1S/2C21H43NO3S.Ag.Na/c2*1-3-4-5-6-7-8-9-10-11-12-13-14-15-16-17-18-19-22(2)20-21-26(23,24)25;;/h2*10-11H,3-9,12-21H2,1-2H3,(H,23,24,25);;/q;;2*+1/p-2/b2*11-10-;;. The van der Waals surface area contributed by atoms with Crippen molar-refractivity contribution in [1.29, 1.82) is 0 Å². The normalized spacial score (nSPS) is 12.0. The maximum absolute atomic E-state index is 10.6. The second kappa shape index (κ2) is 46.6. The third-order valence-corrected chi connectivity index (χ3v) is 10.9. The molecular weight excluding hydrogens is 823 g/mol. The average Bonchev–Trinajstić information content (AvgIpc) is 3.09. The average molecular weight is 908 g/mol. The van der Waals surface area contributed by atoms with Crippen molar-refractivity contribution in [2.45, 2.75) is 194 Å². The Balaban J connectivity index is -0.000000446. The van der Waals surface area contributed by atoms with Crippen LogP contribution in [0.5, 0.6) is 0 Å². The van der Waals surface area contributed by atoms with Crippen LogP contribution in [0.3, 0.4) is 0 Å². The van der Waals surface area contributed by atoms with Gasteiger partial charge in [0.05, 0.1) is 31.7 Å². The number of hydrogen-bond acceptors (Lipinski definition) is 8. The Morgan fingerprint density at radius 2 is 0.611 bits per heavy atom. The maximum atomic E-state index is 10.6. The molecule has 8 nitrogen and oxygen atoms in total. The topological polar surface area (TPSA) is 121 Å². The maximum Gasteiger partial charge on any atom is 1.00 e. The van der Waals surface area contributed by atoms with Crippen LogP contribution in [0.4, 0.5) is 0 Å². The van der Waals surface area contributed by atoms with Crippen molar-refractivity contribution in [3.63, 3.8) is 0 Å². The molecule has 0 rings (SSSR count). The molecule has 0 atom stereocenters. The van der Waals surface area contributed by atoms with Gasteiger partial charge in [-0.3, -0.25) is 0 Å². The van der Waals surface area contributed by atoms with Gasteiger partial charge in [-0.1, -0.05) is 154 Å². The Morgan fingerprint density at radius 3 is 0.852 bits per heavy atom. The van der Waals surface area contributed by atoms with E-state index in [0.717, 1.165) is 25.9 Å². The Morgan fingerprint density at radius 1 is 0.389 bits per heavy atom. The quantitative estimate of drug-likeness (QED) is 0.0265. The number of nitrogens with zero attached hydrogens (tertiary/aromatic N) is 2. The van der Waals surface area contributed by atoms with E-state index in [1.807, 2.05) is 23.9 Å². The predicted octanol–water partition coefficient (Wildman–Crippen LogP) is 8.00. The van der Waals surface area contributed by atoms with Gasteiger partial charge in [0.15, 0.2) is 0 Å². The number of allylic oxidation sites excluding steroid dienone is 4. The molecule has 0 N–H and O–H groups in total. The van der Waals surface area contributed by atoms with Crippen LogP contribution >= 0.6 is 0 Å². The van der Waals surface area contributed by atoms with Gasteiger partial charge in [0, 0.05) is 13.1 Å². The van der Waals surface area contributed by atoms with Gasteiger partial charge >= 0.3 is 51.9 Å². The fourth-order valence-electron chi connectivity index (χ4n) is 6.02. The van der Waals surface area contributed by atoms with E-state index in [-0.39, 0.29) is 63.4 Å². The third kappa shape index (κ3) is 59.6. The van der Waals surface area contributed by atoms with Crippen molar-refractivity contribution in [3.05, 3.63) is 24.3 Å². The van der Waals surface area contributed by atoms with Gasteiger partial charge in [0.1, 0.15) is 0 Å². The molecule has 0 heterocycles. The molecule has 0 amide bonds. The molecule has 0 spiro atoms. The van der Waals surface area contributed by atoms with Crippen LogP contribution in [0.2, 0.25) is 0 Å². The summed E-state index contributed by atoms with van der Waals surface area (Å²) in [6, 6.07) is 0. The van der Waals surface area contributed by atoms with Gasteiger partial charge in [0.2, 0.25) is 0 Å². The number of unbranched alkanes of at least 4 members (excludes halogenated alkanes) is 24. The molecule has 0 aliphatic heterocycles. The zero-order valence-electron chi connectivity index (χ0n) is 35.8.